The van der Waals surface area contributed by atoms with Crippen molar-refractivity contribution in [2.75, 3.05) is 0 Å². The summed E-state index contributed by atoms with van der Waals surface area (Å²) in [7, 11) is 0. The molecule has 0 nitrogen and oxygen atoms in total. The highest BCUT2D eigenvalue weighted by Crippen LogP contribution is 2.60. The van der Waals surface area contributed by atoms with Crippen LogP contribution in [-0.2, 0) is 0 Å². The number of hydrogen-bond donors (Lipinski definition) is 0. The highest BCUT2D eigenvalue weighted by Gasteiger charge is 2.53. The molecule has 112 valence electrons. The third kappa shape index (κ3) is 2.01. The van der Waals surface area contributed by atoms with Gasteiger partial charge in [0, 0.05) is 0 Å². The molecule has 0 heterocycles. The van der Waals surface area contributed by atoms with Crippen molar-refractivity contribution in [2.45, 2.75) is 70.6 Å². The average Bonchev–Trinajstić information content (AvgIpc) is 2.54. The number of allylic oxidation sites excluding steroid dienone is 1. The Bertz CT molecular complexity index is 339. The van der Waals surface area contributed by atoms with Crippen molar-refractivity contribution in [3.8, 4) is 0 Å². The van der Waals surface area contributed by atoms with Crippen LogP contribution in [0.1, 0.15) is 70.6 Å². The Morgan fingerprint density at radius 1 is 0.550 bits per heavy atom. The maximum Gasteiger partial charge on any atom is -0.0202 e. The Balaban J connectivity index is 1.68. The van der Waals surface area contributed by atoms with Gasteiger partial charge in [-0.15, -0.1) is 6.58 Å². The number of rotatable bonds is 1. The molecular weight excluding hydrogens is 240 g/mol. The maximum absolute atomic E-state index is 4.22. The van der Waals surface area contributed by atoms with Crippen LogP contribution in [0.25, 0.3) is 0 Å². The molecule has 0 bridgehead atoms. The van der Waals surface area contributed by atoms with Crippen molar-refractivity contribution in [1.82, 2.24) is 0 Å². The van der Waals surface area contributed by atoms with E-state index in [4.69, 9.17) is 0 Å². The van der Waals surface area contributed by atoms with Crippen LogP contribution in [-0.4, -0.2) is 0 Å². The lowest BCUT2D eigenvalue weighted by molar-refractivity contribution is -0.0923. The van der Waals surface area contributed by atoms with Gasteiger partial charge >= 0.3 is 0 Å². The van der Waals surface area contributed by atoms with Gasteiger partial charge in [-0.3, -0.25) is 0 Å². The summed E-state index contributed by atoms with van der Waals surface area (Å²) in [5.41, 5.74) is 0. The standard InChI is InChI=1S/C20H32/c1-2-14-8-7-13-19-17-10-4-3-9-15(17)16-11-5-6-12-18(16)20(14)19/h2,14-20H,1,3-13H2. The summed E-state index contributed by atoms with van der Waals surface area (Å²) >= 11 is 0. The van der Waals surface area contributed by atoms with Crippen LogP contribution in [0.15, 0.2) is 12.7 Å². The Kier molecular flexibility index (Phi) is 3.69. The fraction of sp³-hybridized carbons (Fsp3) is 0.900. The molecule has 0 aliphatic heterocycles. The van der Waals surface area contributed by atoms with Crippen LogP contribution in [0.4, 0.5) is 0 Å². The molecule has 0 aromatic heterocycles. The van der Waals surface area contributed by atoms with E-state index in [1.54, 1.807) is 32.1 Å². The molecule has 7 atom stereocenters. The molecular formula is C20H32. The quantitative estimate of drug-likeness (QED) is 0.527. The highest BCUT2D eigenvalue weighted by atomic mass is 14.6. The molecule has 4 aliphatic rings. The summed E-state index contributed by atoms with van der Waals surface area (Å²) < 4.78 is 0. The first-order valence-electron chi connectivity index (χ1n) is 9.52. The maximum atomic E-state index is 4.22. The van der Waals surface area contributed by atoms with Crippen LogP contribution < -0.4 is 0 Å². The minimum absolute atomic E-state index is 0.863. The van der Waals surface area contributed by atoms with Gasteiger partial charge in [0.2, 0.25) is 0 Å². The van der Waals surface area contributed by atoms with E-state index in [2.05, 4.69) is 12.7 Å². The van der Waals surface area contributed by atoms with Gasteiger partial charge in [-0.05, 0) is 80.0 Å². The van der Waals surface area contributed by atoms with Gasteiger partial charge in [0.1, 0.15) is 0 Å². The molecule has 0 amide bonds. The van der Waals surface area contributed by atoms with E-state index in [-0.39, 0.29) is 0 Å². The molecule has 4 fully saturated rings. The van der Waals surface area contributed by atoms with E-state index >= 15 is 0 Å². The third-order valence-electron chi connectivity index (χ3n) is 7.71. The second kappa shape index (κ2) is 5.50. The Morgan fingerprint density at radius 2 is 1.00 bits per heavy atom. The van der Waals surface area contributed by atoms with Crippen molar-refractivity contribution in [1.29, 1.82) is 0 Å². The molecule has 0 N–H and O–H groups in total. The molecule has 4 saturated carbocycles. The smallest absolute Gasteiger partial charge is 0.0202 e. The average molecular weight is 272 g/mol. The molecule has 0 saturated heterocycles. The van der Waals surface area contributed by atoms with E-state index in [0.29, 0.717) is 0 Å². The lowest BCUT2D eigenvalue weighted by Crippen LogP contribution is -2.51. The van der Waals surface area contributed by atoms with E-state index in [9.17, 15) is 0 Å². The lowest BCUT2D eigenvalue weighted by Gasteiger charge is -2.59. The molecule has 0 radical (unpaired) electrons. The molecule has 4 rings (SSSR count). The fourth-order valence-electron chi connectivity index (χ4n) is 7.15. The molecule has 0 heteroatoms. The topological polar surface area (TPSA) is 0 Å². The molecule has 0 aromatic carbocycles. The van der Waals surface area contributed by atoms with Crippen molar-refractivity contribution in [3.05, 3.63) is 12.7 Å². The largest absolute Gasteiger partial charge is 0.103 e. The van der Waals surface area contributed by atoms with Crippen molar-refractivity contribution in [2.24, 2.45) is 41.4 Å². The molecule has 4 aliphatic carbocycles. The van der Waals surface area contributed by atoms with Gasteiger partial charge in [0.25, 0.3) is 0 Å². The Morgan fingerprint density at radius 3 is 1.55 bits per heavy atom. The van der Waals surface area contributed by atoms with Crippen LogP contribution in [0.2, 0.25) is 0 Å². The fourth-order valence-corrected chi connectivity index (χ4v) is 7.15. The second-order valence-corrected chi connectivity index (χ2v) is 8.30. The highest BCUT2D eigenvalue weighted by molar-refractivity contribution is 5.05. The zero-order valence-corrected chi connectivity index (χ0v) is 13.1. The second-order valence-electron chi connectivity index (χ2n) is 8.30. The zero-order valence-electron chi connectivity index (χ0n) is 13.1. The van der Waals surface area contributed by atoms with Crippen molar-refractivity contribution >= 4 is 0 Å². The van der Waals surface area contributed by atoms with Crippen molar-refractivity contribution in [3.63, 3.8) is 0 Å². The number of hydrogen-bond acceptors (Lipinski definition) is 0. The lowest BCUT2D eigenvalue weighted by atomic mass is 9.46. The first-order valence-corrected chi connectivity index (χ1v) is 9.52. The summed E-state index contributed by atoms with van der Waals surface area (Å²) in [6.45, 7) is 4.22. The van der Waals surface area contributed by atoms with Crippen LogP contribution in [0.5, 0.6) is 0 Å². The molecule has 0 aromatic rings. The van der Waals surface area contributed by atoms with Gasteiger partial charge in [-0.2, -0.15) is 0 Å². The normalized spacial score (nSPS) is 51.5. The molecule has 0 spiro atoms. The monoisotopic (exact) mass is 272 g/mol. The number of fused-ring (bicyclic) bond motifs is 6. The molecule has 20 heavy (non-hydrogen) atoms. The van der Waals surface area contributed by atoms with Gasteiger partial charge in [-0.25, -0.2) is 0 Å². The predicted octanol–water partition coefficient (Wildman–Crippen LogP) is 5.83. The van der Waals surface area contributed by atoms with Crippen LogP contribution in [0, 0.1) is 41.4 Å². The van der Waals surface area contributed by atoms with Gasteiger partial charge < -0.3 is 0 Å². The zero-order chi connectivity index (χ0) is 13.5. The van der Waals surface area contributed by atoms with Gasteiger partial charge in [-0.1, -0.05) is 38.2 Å². The Hall–Kier alpha value is -0.260. The van der Waals surface area contributed by atoms with Crippen molar-refractivity contribution < 1.29 is 0 Å². The SMILES string of the molecule is C=CC1CCCC2C3CCCCC3C3CCCCC3C12. The third-order valence-corrected chi connectivity index (χ3v) is 7.71. The van der Waals surface area contributed by atoms with Gasteiger partial charge in [0.05, 0.1) is 0 Å². The summed E-state index contributed by atoms with van der Waals surface area (Å²) in [6, 6.07) is 0. The summed E-state index contributed by atoms with van der Waals surface area (Å²) in [5.74, 6) is 7.39. The summed E-state index contributed by atoms with van der Waals surface area (Å²) in [6.07, 6.45) is 19.2. The Labute approximate surface area is 125 Å². The first-order chi connectivity index (χ1) is 9.90. The minimum atomic E-state index is 0.863. The molecule has 7 unspecified atom stereocenters. The van der Waals surface area contributed by atoms with Crippen LogP contribution in [0.3, 0.4) is 0 Å². The first kappa shape index (κ1) is 13.4. The van der Waals surface area contributed by atoms with E-state index < -0.39 is 0 Å². The van der Waals surface area contributed by atoms with E-state index in [1.807, 2.05) is 0 Å². The van der Waals surface area contributed by atoms with Gasteiger partial charge in [0.15, 0.2) is 0 Å². The van der Waals surface area contributed by atoms with E-state index in [0.717, 1.165) is 41.4 Å². The van der Waals surface area contributed by atoms with Crippen LogP contribution >= 0.6 is 0 Å². The summed E-state index contributed by atoms with van der Waals surface area (Å²) in [4.78, 5) is 0. The van der Waals surface area contributed by atoms with E-state index in [1.165, 1.54) is 38.5 Å². The minimum Gasteiger partial charge on any atom is -0.103 e. The summed E-state index contributed by atoms with van der Waals surface area (Å²) in [5, 5.41) is 0. The predicted molar refractivity (Wildman–Crippen MR) is 85.4 cm³/mol.